The van der Waals surface area contributed by atoms with E-state index in [9.17, 15) is 26.1 Å². The molecule has 0 aliphatic rings. The predicted molar refractivity (Wildman–Crippen MR) is 20.6 cm³/mol. The van der Waals surface area contributed by atoms with E-state index in [0.717, 1.165) is 0 Å². The molecule has 0 aromatic heterocycles. The molecule has 0 unspecified atom stereocenters. The van der Waals surface area contributed by atoms with Crippen molar-refractivity contribution in [2.45, 2.75) is 6.18 Å². The van der Waals surface area contributed by atoms with Crippen LogP contribution in [0.2, 0.25) is 0 Å². The number of rotatable bonds is 1. The molecule has 0 aliphatic carbocycles. The van der Waals surface area contributed by atoms with Crippen molar-refractivity contribution in [3.8, 4) is 0 Å². The van der Waals surface area contributed by atoms with E-state index in [-0.39, 0.29) is 18.9 Å². The van der Waals surface area contributed by atoms with E-state index >= 15 is 0 Å². The number of hydrogen-bond acceptors (Lipinski definition) is 3. The van der Waals surface area contributed by atoms with Gasteiger partial charge in [-0.2, -0.15) is 13.2 Å². The first-order valence-electron chi connectivity index (χ1n) is 1.71. The molecule has 3 nitrogen and oxygen atoms in total. The molecule has 0 aromatic carbocycles. The molecule has 0 fully saturated rings. The fourth-order valence-corrected chi connectivity index (χ4v) is 0.601. The van der Waals surface area contributed by atoms with Gasteiger partial charge in [0.15, 0.2) is 0 Å². The van der Waals surface area contributed by atoms with Gasteiger partial charge >= 0.3 is 25.0 Å². The first-order valence-corrected chi connectivity index (χ1v) is 3.29. The van der Waals surface area contributed by atoms with Crippen LogP contribution in [0, 0.1) is 0 Å². The second-order valence-electron chi connectivity index (χ2n) is 1.32. The van der Waals surface area contributed by atoms with Gasteiger partial charge in [0.05, 0.1) is 0 Å². The molecule has 56 valence electrons. The van der Waals surface area contributed by atoms with E-state index in [1.807, 2.05) is 0 Å². The second-order valence-corrected chi connectivity index (χ2v) is 2.72. The molecular formula is C2H2F3LiO3S. The summed E-state index contributed by atoms with van der Waals surface area (Å²) in [7, 11) is -5.16. The molecule has 0 aromatic rings. The summed E-state index contributed by atoms with van der Waals surface area (Å²) in [5, 5.41) is 0. The second kappa shape index (κ2) is 3.62. The maximum Gasteiger partial charge on any atom is 1.00 e. The van der Waals surface area contributed by atoms with E-state index < -0.39 is 22.0 Å². The molecule has 0 bridgehead atoms. The Balaban J connectivity index is 0. The summed E-state index contributed by atoms with van der Waals surface area (Å²) in [6.07, 6.45) is -4.92. The van der Waals surface area contributed by atoms with Crippen molar-refractivity contribution < 1.29 is 45.0 Å². The monoisotopic (exact) mass is 170 g/mol. The fraction of sp³-hybridized carbons (Fsp3) is 1.00. The van der Waals surface area contributed by atoms with E-state index in [1.54, 1.807) is 0 Å². The van der Waals surface area contributed by atoms with Crippen LogP contribution in [0.5, 0.6) is 0 Å². The molecule has 0 rings (SSSR count). The van der Waals surface area contributed by atoms with Crippen LogP contribution in [-0.2, 0) is 10.1 Å². The van der Waals surface area contributed by atoms with Crippen molar-refractivity contribution in [2.75, 3.05) is 5.75 Å². The summed E-state index contributed by atoms with van der Waals surface area (Å²) in [5.74, 6) is -2.29. The molecule has 0 saturated carbocycles. The van der Waals surface area contributed by atoms with Gasteiger partial charge in [0, 0.05) is 0 Å². The van der Waals surface area contributed by atoms with Crippen LogP contribution < -0.4 is 18.9 Å². The number of halogens is 3. The number of hydrogen-bond donors (Lipinski definition) is 0. The minimum atomic E-state index is -5.16. The van der Waals surface area contributed by atoms with Crippen molar-refractivity contribution in [3.63, 3.8) is 0 Å². The van der Waals surface area contributed by atoms with Gasteiger partial charge in [-0.3, -0.25) is 0 Å². The molecular weight excluding hydrogens is 168 g/mol. The van der Waals surface area contributed by atoms with Crippen molar-refractivity contribution in [1.82, 2.24) is 0 Å². The summed E-state index contributed by atoms with van der Waals surface area (Å²) in [6, 6.07) is 0. The summed E-state index contributed by atoms with van der Waals surface area (Å²) >= 11 is 0. The Hall–Kier alpha value is 0.297. The molecule has 0 atom stereocenters. The Kier molecular flexibility index (Phi) is 4.68. The molecule has 0 amide bonds. The summed E-state index contributed by atoms with van der Waals surface area (Å²) in [5.41, 5.74) is 0. The first kappa shape index (κ1) is 12.9. The van der Waals surface area contributed by atoms with Gasteiger partial charge in [0.1, 0.15) is 15.9 Å². The van der Waals surface area contributed by atoms with Crippen molar-refractivity contribution in [1.29, 1.82) is 0 Å². The maximum atomic E-state index is 11.0. The van der Waals surface area contributed by atoms with Crippen LogP contribution in [0.3, 0.4) is 0 Å². The standard InChI is InChI=1S/C2H3F3O3S.Li/c3-2(4,5)1-9(6,7)8;/h1H2,(H,6,7,8);/q;+1/p-1. The van der Waals surface area contributed by atoms with Crippen LogP contribution in [-0.4, -0.2) is 24.9 Å². The van der Waals surface area contributed by atoms with Gasteiger partial charge in [-0.1, -0.05) is 0 Å². The fourth-order valence-electron chi connectivity index (χ4n) is 0.200. The van der Waals surface area contributed by atoms with Gasteiger partial charge < -0.3 is 4.55 Å². The topological polar surface area (TPSA) is 57.2 Å². The van der Waals surface area contributed by atoms with Gasteiger partial charge in [-0.15, -0.1) is 0 Å². The Morgan fingerprint density at radius 3 is 1.60 bits per heavy atom. The average Bonchev–Trinajstić information content (AvgIpc) is 1.14. The zero-order chi connectivity index (χ0) is 7.71. The maximum absolute atomic E-state index is 11.0. The zero-order valence-corrected chi connectivity index (χ0v) is 5.79. The van der Waals surface area contributed by atoms with Crippen LogP contribution in [0.4, 0.5) is 13.2 Å². The molecule has 0 saturated heterocycles. The third-order valence-electron chi connectivity index (χ3n) is 0.340. The predicted octanol–water partition coefficient (Wildman–Crippen LogP) is -2.90. The van der Waals surface area contributed by atoms with Gasteiger partial charge in [-0.25, -0.2) is 8.42 Å². The van der Waals surface area contributed by atoms with E-state index in [2.05, 4.69) is 0 Å². The molecule has 0 aliphatic heterocycles. The molecule has 0 radical (unpaired) electrons. The van der Waals surface area contributed by atoms with Crippen LogP contribution in [0.25, 0.3) is 0 Å². The quantitative estimate of drug-likeness (QED) is 0.313. The SMILES string of the molecule is O=S(=O)([O-])CC(F)(F)F.[Li+]. The third kappa shape index (κ3) is 11.1. The summed E-state index contributed by atoms with van der Waals surface area (Å²) < 4.78 is 61.0. The molecule has 10 heavy (non-hydrogen) atoms. The Labute approximate surface area is 67.5 Å². The largest absolute Gasteiger partial charge is 1.00 e. The summed E-state index contributed by atoms with van der Waals surface area (Å²) in [4.78, 5) is 0. The van der Waals surface area contributed by atoms with Crippen molar-refractivity contribution >= 4 is 10.1 Å². The molecule has 0 heterocycles. The van der Waals surface area contributed by atoms with Crippen molar-refractivity contribution in [2.24, 2.45) is 0 Å². The van der Waals surface area contributed by atoms with E-state index in [4.69, 9.17) is 0 Å². The zero-order valence-electron chi connectivity index (χ0n) is 4.97. The number of alkyl halides is 3. The minimum Gasteiger partial charge on any atom is -0.748 e. The molecule has 0 spiro atoms. The normalized spacial score (nSPS) is 12.4. The van der Waals surface area contributed by atoms with Crippen LogP contribution >= 0.6 is 0 Å². The third-order valence-corrected chi connectivity index (χ3v) is 1.02. The average molecular weight is 170 g/mol. The summed E-state index contributed by atoms with van der Waals surface area (Å²) in [6.45, 7) is 0. The van der Waals surface area contributed by atoms with Crippen molar-refractivity contribution in [3.05, 3.63) is 0 Å². The molecule has 0 N–H and O–H groups in total. The molecule has 8 heteroatoms. The Morgan fingerprint density at radius 1 is 1.30 bits per heavy atom. The Bertz CT molecular complexity index is 182. The van der Waals surface area contributed by atoms with Gasteiger partial charge in [0.2, 0.25) is 0 Å². The van der Waals surface area contributed by atoms with Gasteiger partial charge in [-0.05, 0) is 0 Å². The van der Waals surface area contributed by atoms with Crippen LogP contribution in [0.1, 0.15) is 0 Å². The van der Waals surface area contributed by atoms with Crippen LogP contribution in [0.15, 0.2) is 0 Å². The smallest absolute Gasteiger partial charge is 0.748 e. The Morgan fingerprint density at radius 2 is 1.60 bits per heavy atom. The van der Waals surface area contributed by atoms with E-state index in [1.165, 1.54) is 0 Å². The minimum absolute atomic E-state index is 0. The first-order chi connectivity index (χ1) is 3.71. The van der Waals surface area contributed by atoms with E-state index in [0.29, 0.717) is 0 Å². The van der Waals surface area contributed by atoms with Gasteiger partial charge in [0.25, 0.3) is 0 Å².